The summed E-state index contributed by atoms with van der Waals surface area (Å²) in [6, 6.07) is 41.8. The molecule has 0 saturated heterocycles. The standard InChI is InChI=1S/2C14H14N.2ClH.Ti/c2*1-3-7-13(8-4-1)11-15-12-14-9-5-2-6-10-14;;;/h2*1-10H,11-12H2;2*1H;/q2*-1;;;+4/p-2. The van der Waals surface area contributed by atoms with Crippen LogP contribution in [0.1, 0.15) is 22.3 Å². The summed E-state index contributed by atoms with van der Waals surface area (Å²) in [5.74, 6) is 0. The van der Waals surface area contributed by atoms with Gasteiger partial charge in [-0.2, -0.15) is 0 Å². The first-order valence-corrected chi connectivity index (χ1v) is 16.8. The predicted molar refractivity (Wildman–Crippen MR) is 136 cm³/mol. The molecule has 0 N–H and O–H groups in total. The molecule has 0 heterocycles. The zero-order chi connectivity index (χ0) is 22.9. The van der Waals surface area contributed by atoms with E-state index in [1.807, 2.05) is 24.3 Å². The van der Waals surface area contributed by atoms with Crippen molar-refractivity contribution in [3.63, 3.8) is 0 Å². The van der Waals surface area contributed by atoms with Crippen LogP contribution in [-0.4, -0.2) is 6.76 Å². The first-order chi connectivity index (χ1) is 16.1. The van der Waals surface area contributed by atoms with Crippen molar-refractivity contribution in [2.45, 2.75) is 26.2 Å². The van der Waals surface area contributed by atoms with Crippen LogP contribution in [0.4, 0.5) is 0 Å². The molecule has 168 valence electrons. The van der Waals surface area contributed by atoms with Crippen LogP contribution in [-0.2, 0) is 41.2 Å². The summed E-state index contributed by atoms with van der Waals surface area (Å²) in [5, 5.41) is 0. The molecule has 33 heavy (non-hydrogen) atoms. The van der Waals surface area contributed by atoms with Crippen LogP contribution < -0.4 is 0 Å². The Morgan fingerprint density at radius 1 is 0.394 bits per heavy atom. The Bertz CT molecular complexity index is 922. The molecule has 4 aromatic carbocycles. The number of rotatable bonds is 10. The molecule has 0 aliphatic rings. The van der Waals surface area contributed by atoms with Crippen molar-refractivity contribution in [2.75, 3.05) is 0 Å². The van der Waals surface area contributed by atoms with Crippen LogP contribution in [0.5, 0.6) is 0 Å². The average Bonchev–Trinajstić information content (AvgIpc) is 2.86. The van der Waals surface area contributed by atoms with Crippen LogP contribution in [0, 0.1) is 0 Å². The zero-order valence-electron chi connectivity index (χ0n) is 18.5. The molecule has 0 spiro atoms. The number of hydrogen-bond acceptors (Lipinski definition) is 2. The second-order valence-corrected chi connectivity index (χ2v) is 16.9. The Balaban J connectivity index is 1.67. The van der Waals surface area contributed by atoms with Crippen molar-refractivity contribution in [2.24, 2.45) is 0 Å². The van der Waals surface area contributed by atoms with Crippen LogP contribution >= 0.6 is 18.6 Å². The molecule has 0 aliphatic heterocycles. The quantitative estimate of drug-likeness (QED) is 0.202. The van der Waals surface area contributed by atoms with Gasteiger partial charge >= 0.3 is 210 Å². The molecular formula is C28H28Cl2N2Ti. The van der Waals surface area contributed by atoms with Gasteiger partial charge in [-0.15, -0.1) is 0 Å². The van der Waals surface area contributed by atoms with Crippen molar-refractivity contribution < 1.29 is 15.0 Å². The summed E-state index contributed by atoms with van der Waals surface area (Å²) in [5.41, 5.74) is 4.85. The van der Waals surface area contributed by atoms with Gasteiger partial charge in [0, 0.05) is 0 Å². The van der Waals surface area contributed by atoms with Crippen LogP contribution in [0.25, 0.3) is 0 Å². The molecule has 0 amide bonds. The van der Waals surface area contributed by atoms with Gasteiger partial charge in [0.25, 0.3) is 0 Å². The van der Waals surface area contributed by atoms with E-state index >= 15 is 0 Å². The van der Waals surface area contributed by atoms with Crippen LogP contribution in [0.3, 0.4) is 0 Å². The van der Waals surface area contributed by atoms with Crippen molar-refractivity contribution >= 4 is 18.6 Å². The first kappa shape index (κ1) is 24.2. The molecule has 0 aliphatic carbocycles. The second-order valence-electron chi connectivity index (χ2n) is 8.16. The molecule has 0 radical (unpaired) electrons. The Hall–Kier alpha value is -1.91. The molecular weight excluding hydrogens is 483 g/mol. The molecule has 0 fully saturated rings. The van der Waals surface area contributed by atoms with Gasteiger partial charge in [-0.1, -0.05) is 0 Å². The SMILES string of the molecule is [Cl][Ti]([Cl])([N](Cc1ccccc1)Cc1ccccc1)[N](Cc1ccccc1)Cc1ccccc1. The number of benzene rings is 4. The normalized spacial score (nSPS) is 11.8. The summed E-state index contributed by atoms with van der Waals surface area (Å²) in [6.45, 7) is 2.84. The summed E-state index contributed by atoms with van der Waals surface area (Å²) >= 11 is -3.73. The maximum atomic E-state index is 7.47. The Morgan fingerprint density at radius 3 is 0.818 bits per heavy atom. The average molecular weight is 511 g/mol. The Labute approximate surface area is 209 Å². The van der Waals surface area contributed by atoms with Gasteiger partial charge < -0.3 is 0 Å². The summed E-state index contributed by atoms with van der Waals surface area (Å²) in [4.78, 5) is 0. The van der Waals surface area contributed by atoms with Crippen molar-refractivity contribution in [1.82, 2.24) is 6.76 Å². The predicted octanol–water partition coefficient (Wildman–Crippen LogP) is 7.68. The maximum absolute atomic E-state index is 7.47. The van der Waals surface area contributed by atoms with Gasteiger partial charge in [0.1, 0.15) is 0 Å². The van der Waals surface area contributed by atoms with E-state index in [2.05, 4.69) is 104 Å². The van der Waals surface area contributed by atoms with Gasteiger partial charge in [0.15, 0.2) is 0 Å². The number of halogens is 2. The third-order valence-corrected chi connectivity index (χ3v) is 12.9. The van der Waals surface area contributed by atoms with Gasteiger partial charge in [0.2, 0.25) is 0 Å². The van der Waals surface area contributed by atoms with Gasteiger partial charge in [0.05, 0.1) is 0 Å². The molecule has 0 atom stereocenters. The number of hydrogen-bond donors (Lipinski definition) is 0. The topological polar surface area (TPSA) is 6.48 Å². The second kappa shape index (κ2) is 12.0. The van der Waals surface area contributed by atoms with E-state index in [0.29, 0.717) is 26.2 Å². The Kier molecular flexibility index (Phi) is 8.80. The molecule has 2 nitrogen and oxygen atoms in total. The molecule has 4 aromatic rings. The van der Waals surface area contributed by atoms with Gasteiger partial charge in [-0.25, -0.2) is 0 Å². The third kappa shape index (κ3) is 7.04. The van der Waals surface area contributed by atoms with Gasteiger partial charge in [-0.3, -0.25) is 0 Å². The van der Waals surface area contributed by atoms with E-state index in [4.69, 9.17) is 18.6 Å². The molecule has 4 rings (SSSR count). The van der Waals surface area contributed by atoms with Gasteiger partial charge in [-0.05, 0) is 0 Å². The molecule has 0 aromatic heterocycles. The minimum absolute atomic E-state index is 0.711. The van der Waals surface area contributed by atoms with E-state index in [1.165, 1.54) is 22.3 Å². The fraction of sp³-hybridized carbons (Fsp3) is 0.143. The van der Waals surface area contributed by atoms with E-state index in [1.54, 1.807) is 0 Å². The van der Waals surface area contributed by atoms with E-state index in [0.717, 1.165) is 0 Å². The fourth-order valence-electron chi connectivity index (χ4n) is 3.91. The third-order valence-electron chi connectivity index (χ3n) is 5.63. The van der Waals surface area contributed by atoms with Crippen molar-refractivity contribution in [3.05, 3.63) is 144 Å². The Morgan fingerprint density at radius 2 is 0.606 bits per heavy atom. The van der Waals surface area contributed by atoms with Crippen LogP contribution in [0.2, 0.25) is 0 Å². The molecule has 0 unspecified atom stereocenters. The first-order valence-electron chi connectivity index (χ1n) is 11.1. The zero-order valence-corrected chi connectivity index (χ0v) is 21.6. The summed E-state index contributed by atoms with van der Waals surface area (Å²) in [7, 11) is 14.9. The van der Waals surface area contributed by atoms with Crippen molar-refractivity contribution in [1.29, 1.82) is 0 Å². The molecule has 0 saturated carbocycles. The minimum atomic E-state index is -3.73. The van der Waals surface area contributed by atoms with E-state index in [9.17, 15) is 0 Å². The summed E-state index contributed by atoms with van der Waals surface area (Å²) < 4.78 is 4.64. The van der Waals surface area contributed by atoms with Crippen LogP contribution in [0.15, 0.2) is 121 Å². The monoisotopic (exact) mass is 510 g/mol. The van der Waals surface area contributed by atoms with E-state index < -0.39 is 15.0 Å². The fourth-order valence-corrected chi connectivity index (χ4v) is 8.83. The molecule has 5 heteroatoms. The number of nitrogens with zero attached hydrogens (tertiary/aromatic N) is 2. The van der Waals surface area contributed by atoms with Crippen molar-refractivity contribution in [3.8, 4) is 0 Å². The summed E-state index contributed by atoms with van der Waals surface area (Å²) in [6.07, 6.45) is 0. The molecule has 0 bridgehead atoms. The van der Waals surface area contributed by atoms with E-state index in [-0.39, 0.29) is 0 Å².